The van der Waals surface area contributed by atoms with Gasteiger partial charge < -0.3 is 9.64 Å². The van der Waals surface area contributed by atoms with E-state index in [9.17, 15) is 9.59 Å². The maximum atomic E-state index is 12.7. The number of nitrogens with one attached hydrogen (secondary N) is 1. The molecule has 7 heteroatoms. The van der Waals surface area contributed by atoms with Gasteiger partial charge in [-0.25, -0.2) is 4.98 Å². The highest BCUT2D eigenvalue weighted by Gasteiger charge is 2.27. The van der Waals surface area contributed by atoms with E-state index >= 15 is 0 Å². The molecular weight excluding hydrogens is 422 g/mol. The highest BCUT2D eigenvalue weighted by atomic mass is 32.1. The van der Waals surface area contributed by atoms with E-state index in [2.05, 4.69) is 16.4 Å². The van der Waals surface area contributed by atoms with Crippen LogP contribution in [0.4, 0.5) is 10.8 Å². The summed E-state index contributed by atoms with van der Waals surface area (Å²) in [4.78, 5) is 31.9. The van der Waals surface area contributed by atoms with Crippen LogP contribution in [0.2, 0.25) is 0 Å². The molecule has 1 aliphatic rings. The average molecular weight is 450 g/mol. The van der Waals surface area contributed by atoms with Crippen molar-refractivity contribution in [2.45, 2.75) is 33.6 Å². The number of nitrogens with zero attached hydrogens (tertiary/aromatic N) is 2. The summed E-state index contributed by atoms with van der Waals surface area (Å²) in [5.41, 5.74) is 4.42. The molecule has 1 N–H and O–H groups in total. The minimum absolute atomic E-state index is 0.0261. The van der Waals surface area contributed by atoms with Crippen LogP contribution in [0.5, 0.6) is 5.75 Å². The zero-order valence-corrected chi connectivity index (χ0v) is 19.4. The number of rotatable bonds is 7. The number of ether oxygens (including phenoxy) is 1. The lowest BCUT2D eigenvalue weighted by Crippen LogP contribution is -2.33. The molecule has 2 aromatic carbocycles. The largest absolute Gasteiger partial charge is 0.493 e. The molecule has 1 aromatic heterocycles. The summed E-state index contributed by atoms with van der Waals surface area (Å²) in [6, 6.07) is 13.3. The van der Waals surface area contributed by atoms with E-state index in [1.165, 1.54) is 11.3 Å². The molecule has 2 heterocycles. The molecule has 0 bridgehead atoms. The SMILES string of the molecule is CCOc1ccccc1C(=O)Nc1nc(-c2ccc3c(c2)CCN3C(=O)[C@H](C)CC)cs1. The number of fused-ring (bicyclic) bond motifs is 1. The van der Waals surface area contributed by atoms with Crippen LogP contribution in [0.15, 0.2) is 47.8 Å². The molecule has 3 aromatic rings. The number of benzene rings is 2. The highest BCUT2D eigenvalue weighted by Crippen LogP contribution is 2.34. The summed E-state index contributed by atoms with van der Waals surface area (Å²) in [5, 5.41) is 5.34. The van der Waals surface area contributed by atoms with Crippen LogP contribution >= 0.6 is 11.3 Å². The first kappa shape index (κ1) is 22.0. The van der Waals surface area contributed by atoms with Gasteiger partial charge in [0.15, 0.2) is 5.13 Å². The fourth-order valence-corrected chi connectivity index (χ4v) is 4.51. The second-order valence-electron chi connectivity index (χ2n) is 7.81. The van der Waals surface area contributed by atoms with Crippen LogP contribution in [0.1, 0.15) is 43.1 Å². The molecule has 2 amide bonds. The Morgan fingerprint density at radius 3 is 2.81 bits per heavy atom. The maximum Gasteiger partial charge on any atom is 0.261 e. The van der Waals surface area contributed by atoms with E-state index < -0.39 is 0 Å². The minimum atomic E-state index is -0.247. The lowest BCUT2D eigenvalue weighted by atomic mass is 10.1. The summed E-state index contributed by atoms with van der Waals surface area (Å²) in [7, 11) is 0. The van der Waals surface area contributed by atoms with Crippen molar-refractivity contribution >= 4 is 34.0 Å². The van der Waals surface area contributed by atoms with Gasteiger partial charge in [-0.15, -0.1) is 11.3 Å². The van der Waals surface area contributed by atoms with E-state index in [-0.39, 0.29) is 17.7 Å². The number of anilines is 2. The molecule has 0 radical (unpaired) electrons. The van der Waals surface area contributed by atoms with Crippen LogP contribution < -0.4 is 15.0 Å². The molecule has 0 aliphatic carbocycles. The number of carbonyl (C=O) groups excluding carboxylic acids is 2. The van der Waals surface area contributed by atoms with Gasteiger partial charge in [-0.05, 0) is 49.6 Å². The minimum Gasteiger partial charge on any atom is -0.493 e. The van der Waals surface area contributed by atoms with Gasteiger partial charge in [0.1, 0.15) is 5.75 Å². The van der Waals surface area contributed by atoms with E-state index in [1.807, 2.05) is 55.3 Å². The quantitative estimate of drug-likeness (QED) is 0.524. The van der Waals surface area contributed by atoms with Crippen molar-refractivity contribution in [3.63, 3.8) is 0 Å². The Bertz CT molecular complexity index is 1140. The van der Waals surface area contributed by atoms with E-state index in [0.29, 0.717) is 23.1 Å². The standard InChI is InChI=1S/C25H27N3O3S/c1-4-16(3)24(30)28-13-12-18-14-17(10-11-21(18)28)20-15-32-25(26-20)27-23(29)19-8-6-7-9-22(19)31-5-2/h6-11,14-16H,4-5,12-13H2,1-3H3,(H,26,27,29)/t16-/m1/s1. The monoisotopic (exact) mass is 449 g/mol. The Kier molecular flexibility index (Phi) is 6.55. The molecule has 1 atom stereocenters. The first-order valence-corrected chi connectivity index (χ1v) is 11.8. The van der Waals surface area contributed by atoms with Gasteiger partial charge >= 0.3 is 0 Å². The predicted molar refractivity (Wildman–Crippen MR) is 129 cm³/mol. The zero-order chi connectivity index (χ0) is 22.7. The lowest BCUT2D eigenvalue weighted by molar-refractivity contribution is -0.121. The predicted octanol–water partition coefficient (Wildman–Crippen LogP) is 5.40. The Balaban J connectivity index is 1.50. The van der Waals surface area contributed by atoms with Gasteiger partial charge in [0, 0.05) is 29.1 Å². The van der Waals surface area contributed by atoms with Crippen molar-refractivity contribution in [1.29, 1.82) is 0 Å². The molecule has 4 rings (SSSR count). The van der Waals surface area contributed by atoms with Gasteiger partial charge in [0.2, 0.25) is 5.91 Å². The van der Waals surface area contributed by atoms with Gasteiger partial charge in [-0.3, -0.25) is 14.9 Å². The van der Waals surface area contributed by atoms with Crippen LogP contribution in [0.25, 0.3) is 11.3 Å². The molecule has 0 fully saturated rings. The van der Waals surface area contributed by atoms with Crippen LogP contribution in [-0.2, 0) is 11.2 Å². The van der Waals surface area contributed by atoms with Gasteiger partial charge in [0.05, 0.1) is 17.9 Å². The summed E-state index contributed by atoms with van der Waals surface area (Å²) < 4.78 is 5.55. The van der Waals surface area contributed by atoms with Gasteiger partial charge in [-0.2, -0.15) is 0 Å². The Labute approximate surface area is 192 Å². The normalized spacial score (nSPS) is 13.5. The van der Waals surface area contributed by atoms with Crippen molar-refractivity contribution in [2.75, 3.05) is 23.4 Å². The highest BCUT2D eigenvalue weighted by molar-refractivity contribution is 7.14. The molecular formula is C25H27N3O3S. The number of hydrogen-bond donors (Lipinski definition) is 1. The average Bonchev–Trinajstić information content (AvgIpc) is 3.45. The smallest absolute Gasteiger partial charge is 0.261 e. The van der Waals surface area contributed by atoms with Crippen molar-refractivity contribution in [3.05, 3.63) is 59.0 Å². The third-order valence-corrected chi connectivity index (χ3v) is 6.48. The maximum absolute atomic E-state index is 12.7. The second kappa shape index (κ2) is 9.53. The summed E-state index contributed by atoms with van der Waals surface area (Å²) in [5.74, 6) is 0.519. The Hall–Kier alpha value is -3.19. The Morgan fingerprint density at radius 2 is 2.03 bits per heavy atom. The summed E-state index contributed by atoms with van der Waals surface area (Å²) in [6.07, 6.45) is 1.68. The Morgan fingerprint density at radius 1 is 1.22 bits per heavy atom. The number of hydrogen-bond acceptors (Lipinski definition) is 5. The van der Waals surface area contributed by atoms with Crippen LogP contribution in [0.3, 0.4) is 0 Å². The van der Waals surface area contributed by atoms with Crippen molar-refractivity contribution in [1.82, 2.24) is 4.98 Å². The third kappa shape index (κ3) is 4.39. The first-order chi connectivity index (χ1) is 15.5. The second-order valence-corrected chi connectivity index (χ2v) is 8.67. The number of thiazole rings is 1. The van der Waals surface area contributed by atoms with Gasteiger partial charge in [-0.1, -0.05) is 32.0 Å². The molecule has 0 saturated carbocycles. The zero-order valence-electron chi connectivity index (χ0n) is 18.6. The van der Waals surface area contributed by atoms with Gasteiger partial charge in [0.25, 0.3) is 5.91 Å². The van der Waals surface area contributed by atoms with E-state index in [4.69, 9.17) is 4.74 Å². The summed E-state index contributed by atoms with van der Waals surface area (Å²) in [6.45, 7) is 7.12. The molecule has 0 saturated heterocycles. The lowest BCUT2D eigenvalue weighted by Gasteiger charge is -2.21. The van der Waals surface area contributed by atoms with Crippen molar-refractivity contribution in [2.24, 2.45) is 5.92 Å². The first-order valence-electron chi connectivity index (χ1n) is 10.9. The molecule has 1 aliphatic heterocycles. The summed E-state index contributed by atoms with van der Waals surface area (Å²) >= 11 is 1.38. The molecule has 32 heavy (non-hydrogen) atoms. The number of aromatic nitrogens is 1. The number of amides is 2. The van der Waals surface area contributed by atoms with Crippen LogP contribution in [0, 0.1) is 5.92 Å². The fraction of sp³-hybridized carbons (Fsp3) is 0.320. The molecule has 166 valence electrons. The van der Waals surface area contributed by atoms with Crippen molar-refractivity contribution in [3.8, 4) is 17.0 Å². The van der Waals surface area contributed by atoms with Crippen LogP contribution in [-0.4, -0.2) is 29.9 Å². The topological polar surface area (TPSA) is 71.5 Å². The number of carbonyl (C=O) groups is 2. The molecule has 6 nitrogen and oxygen atoms in total. The molecule has 0 spiro atoms. The number of para-hydroxylation sites is 1. The molecule has 0 unspecified atom stereocenters. The fourth-order valence-electron chi connectivity index (χ4n) is 3.79. The van der Waals surface area contributed by atoms with Crippen molar-refractivity contribution < 1.29 is 14.3 Å². The van der Waals surface area contributed by atoms with E-state index in [0.717, 1.165) is 41.9 Å². The third-order valence-electron chi connectivity index (χ3n) is 5.73. The van der Waals surface area contributed by atoms with E-state index in [1.54, 1.807) is 12.1 Å².